The number of piperidine rings is 1. The van der Waals surface area contributed by atoms with Gasteiger partial charge < -0.3 is 4.90 Å². The zero-order chi connectivity index (χ0) is 21.6. The maximum atomic E-state index is 12.6. The zero-order valence-corrected chi connectivity index (χ0v) is 19.2. The second-order valence-corrected chi connectivity index (χ2v) is 11.4. The zero-order valence-electron chi connectivity index (χ0n) is 16.8. The van der Waals surface area contributed by atoms with Crippen LogP contribution in [0.15, 0.2) is 35.1 Å². The van der Waals surface area contributed by atoms with Crippen molar-refractivity contribution in [2.75, 3.05) is 18.0 Å². The number of thiophene rings is 1. The number of allylic oxidation sites excluding steroid dienone is 1. The van der Waals surface area contributed by atoms with Crippen molar-refractivity contribution >= 4 is 50.4 Å². The number of nitrogens with zero attached hydrogens (tertiary/aromatic N) is 5. The highest BCUT2D eigenvalue weighted by Crippen LogP contribution is 2.35. The number of hydrogen-bond acceptors (Lipinski definition) is 7. The number of anilines is 1. The minimum absolute atomic E-state index is 0.112. The first kappa shape index (κ1) is 20.6. The smallest absolute Gasteiger partial charge is 0.250 e. The molecular formula is C20H21ClN6O2S2. The van der Waals surface area contributed by atoms with Crippen LogP contribution in [0.1, 0.15) is 29.7 Å². The number of nitrogens with one attached hydrogen (secondary N) is 1. The van der Waals surface area contributed by atoms with Gasteiger partial charge in [0.2, 0.25) is 10.0 Å². The Bertz CT molecular complexity index is 1260. The first-order chi connectivity index (χ1) is 14.9. The van der Waals surface area contributed by atoms with Crippen molar-refractivity contribution in [2.45, 2.75) is 29.5 Å². The average molecular weight is 477 g/mol. The Morgan fingerprint density at radius 2 is 2.03 bits per heavy atom. The summed E-state index contributed by atoms with van der Waals surface area (Å²) in [7, 11) is -1.64. The molecule has 0 bridgehead atoms. The summed E-state index contributed by atoms with van der Waals surface area (Å²) in [5.74, 6) is 0.912. The molecule has 162 valence electrons. The lowest BCUT2D eigenvalue weighted by molar-refractivity contribution is 0.458. The summed E-state index contributed by atoms with van der Waals surface area (Å²) in [5, 5.41) is 4.26. The summed E-state index contributed by atoms with van der Waals surface area (Å²) in [6.45, 7) is 1.44. The molecule has 5 rings (SSSR count). The van der Waals surface area contributed by atoms with Gasteiger partial charge in [-0.2, -0.15) is 5.10 Å². The van der Waals surface area contributed by atoms with E-state index in [2.05, 4.69) is 30.8 Å². The molecule has 0 atom stereocenters. The van der Waals surface area contributed by atoms with E-state index in [1.165, 1.54) is 5.57 Å². The SMILES string of the molecule is Cn1cc(C2=Cc3c(ncnc3N3CCC(NS(=O)(=O)c4ccc(Cl)s4)CC3)C2)cn1. The molecular weight excluding hydrogens is 456 g/mol. The van der Waals surface area contributed by atoms with Crippen LogP contribution in [0.5, 0.6) is 0 Å². The second-order valence-electron chi connectivity index (χ2n) is 7.75. The minimum atomic E-state index is -3.54. The van der Waals surface area contributed by atoms with Crippen LogP contribution >= 0.6 is 22.9 Å². The molecule has 0 aromatic carbocycles. The van der Waals surface area contributed by atoms with Gasteiger partial charge in [0.1, 0.15) is 16.4 Å². The molecule has 1 fully saturated rings. The number of fused-ring (bicyclic) bond motifs is 1. The van der Waals surface area contributed by atoms with Crippen LogP contribution in [0.2, 0.25) is 4.34 Å². The summed E-state index contributed by atoms with van der Waals surface area (Å²) in [6.07, 6.45) is 9.80. The number of halogens is 1. The molecule has 0 spiro atoms. The van der Waals surface area contributed by atoms with Crippen molar-refractivity contribution in [2.24, 2.45) is 7.05 Å². The molecule has 3 aromatic rings. The topological polar surface area (TPSA) is 93.0 Å². The highest BCUT2D eigenvalue weighted by molar-refractivity contribution is 7.91. The average Bonchev–Trinajstić information content (AvgIpc) is 3.47. The fourth-order valence-electron chi connectivity index (χ4n) is 4.07. The van der Waals surface area contributed by atoms with Crippen LogP contribution in [-0.2, 0) is 23.5 Å². The molecule has 11 heteroatoms. The molecule has 1 N–H and O–H groups in total. The van der Waals surface area contributed by atoms with Gasteiger partial charge in [-0.3, -0.25) is 4.68 Å². The van der Waals surface area contributed by atoms with Gasteiger partial charge in [-0.05, 0) is 36.6 Å². The summed E-state index contributed by atoms with van der Waals surface area (Å²) in [5.41, 5.74) is 4.34. The molecule has 0 amide bonds. The summed E-state index contributed by atoms with van der Waals surface area (Å²) < 4.78 is 30.5. The van der Waals surface area contributed by atoms with Crippen molar-refractivity contribution in [1.82, 2.24) is 24.5 Å². The Labute approximate surface area is 189 Å². The summed E-state index contributed by atoms with van der Waals surface area (Å²) in [4.78, 5) is 11.3. The molecule has 1 aliphatic heterocycles. The van der Waals surface area contributed by atoms with E-state index in [0.717, 1.165) is 53.5 Å². The molecule has 3 aromatic heterocycles. The quantitative estimate of drug-likeness (QED) is 0.608. The fraction of sp³-hybridized carbons (Fsp3) is 0.350. The Kier molecular flexibility index (Phi) is 5.33. The van der Waals surface area contributed by atoms with Crippen molar-refractivity contribution in [3.63, 3.8) is 0 Å². The Morgan fingerprint density at radius 3 is 2.71 bits per heavy atom. The Balaban J connectivity index is 1.29. The maximum absolute atomic E-state index is 12.6. The summed E-state index contributed by atoms with van der Waals surface area (Å²) >= 11 is 6.96. The van der Waals surface area contributed by atoms with Crippen LogP contribution in [0.3, 0.4) is 0 Å². The number of sulfonamides is 1. The largest absolute Gasteiger partial charge is 0.356 e. The predicted octanol–water partition coefficient (Wildman–Crippen LogP) is 2.97. The number of rotatable bonds is 5. The molecule has 0 unspecified atom stereocenters. The molecule has 0 saturated carbocycles. The van der Waals surface area contributed by atoms with E-state index >= 15 is 0 Å². The summed E-state index contributed by atoms with van der Waals surface area (Å²) in [6, 6.07) is 3.03. The van der Waals surface area contributed by atoms with Gasteiger partial charge in [-0.15, -0.1) is 11.3 Å². The Morgan fingerprint density at radius 1 is 1.23 bits per heavy atom. The minimum Gasteiger partial charge on any atom is -0.356 e. The van der Waals surface area contributed by atoms with Crippen LogP contribution in [0.25, 0.3) is 11.6 Å². The van der Waals surface area contributed by atoms with Crippen molar-refractivity contribution < 1.29 is 8.42 Å². The number of aryl methyl sites for hydroxylation is 1. The van der Waals surface area contributed by atoms with E-state index in [1.54, 1.807) is 23.1 Å². The number of hydrogen-bond donors (Lipinski definition) is 1. The van der Waals surface area contributed by atoms with Crippen LogP contribution < -0.4 is 9.62 Å². The standard InChI is InChI=1S/C20H21ClN6O2S2/c1-26-11-14(10-24-26)13-8-16-17(9-13)22-12-23-20(16)27-6-4-15(5-7-27)25-31(28,29)19-3-2-18(21)30-19/h2-3,8,10-12,15,25H,4-7,9H2,1H3. The van der Waals surface area contributed by atoms with Crippen LogP contribution in [-0.4, -0.2) is 47.3 Å². The van der Waals surface area contributed by atoms with E-state index < -0.39 is 10.0 Å². The molecule has 2 aliphatic rings. The van der Waals surface area contributed by atoms with Gasteiger partial charge in [-0.1, -0.05) is 11.6 Å². The predicted molar refractivity (Wildman–Crippen MR) is 122 cm³/mol. The third-order valence-electron chi connectivity index (χ3n) is 5.63. The molecule has 0 radical (unpaired) electrons. The van der Waals surface area contributed by atoms with Crippen molar-refractivity contribution in [1.29, 1.82) is 0 Å². The van der Waals surface area contributed by atoms with E-state index in [0.29, 0.717) is 17.2 Å². The highest BCUT2D eigenvalue weighted by Gasteiger charge is 2.29. The van der Waals surface area contributed by atoms with E-state index in [1.807, 2.05) is 19.4 Å². The van der Waals surface area contributed by atoms with Gasteiger partial charge in [0.25, 0.3) is 0 Å². The monoisotopic (exact) mass is 476 g/mol. The second kappa shape index (κ2) is 8.01. The maximum Gasteiger partial charge on any atom is 0.250 e. The molecule has 8 nitrogen and oxygen atoms in total. The van der Waals surface area contributed by atoms with Crippen LogP contribution in [0.4, 0.5) is 5.82 Å². The molecule has 1 aliphatic carbocycles. The van der Waals surface area contributed by atoms with E-state index in [-0.39, 0.29) is 10.3 Å². The lowest BCUT2D eigenvalue weighted by Crippen LogP contribution is -2.45. The molecule has 1 saturated heterocycles. The molecule has 4 heterocycles. The van der Waals surface area contributed by atoms with Crippen molar-refractivity contribution in [3.8, 4) is 0 Å². The van der Waals surface area contributed by atoms with E-state index in [4.69, 9.17) is 11.6 Å². The lowest BCUT2D eigenvalue weighted by Gasteiger charge is -2.33. The lowest BCUT2D eigenvalue weighted by atomic mass is 10.1. The normalized spacial score (nSPS) is 17.1. The van der Waals surface area contributed by atoms with Gasteiger partial charge >= 0.3 is 0 Å². The van der Waals surface area contributed by atoms with Crippen LogP contribution in [0, 0.1) is 0 Å². The third-order valence-corrected chi connectivity index (χ3v) is 8.87. The highest BCUT2D eigenvalue weighted by atomic mass is 35.5. The first-order valence-electron chi connectivity index (χ1n) is 9.95. The first-order valence-corrected chi connectivity index (χ1v) is 12.6. The third kappa shape index (κ3) is 4.12. The van der Waals surface area contributed by atoms with Gasteiger partial charge in [0, 0.05) is 49.9 Å². The van der Waals surface area contributed by atoms with Crippen molar-refractivity contribution in [3.05, 3.63) is 52.0 Å². The Hall–Kier alpha value is -2.27. The fourth-order valence-corrected chi connectivity index (χ4v) is 6.87. The van der Waals surface area contributed by atoms with E-state index in [9.17, 15) is 8.42 Å². The molecule has 31 heavy (non-hydrogen) atoms. The van der Waals surface area contributed by atoms with Gasteiger partial charge in [0.05, 0.1) is 16.2 Å². The number of aromatic nitrogens is 4. The van der Waals surface area contributed by atoms with Gasteiger partial charge in [-0.25, -0.2) is 23.1 Å². The van der Waals surface area contributed by atoms with Gasteiger partial charge in [0.15, 0.2) is 0 Å².